The smallest absolute Gasteiger partial charge is 0.171 e. The Morgan fingerprint density at radius 3 is 2.19 bits per heavy atom. The normalized spacial score (nSPS) is 17.6. The van der Waals surface area contributed by atoms with Gasteiger partial charge in [-0.05, 0) is 87.7 Å². The Morgan fingerprint density at radius 1 is 0.812 bits per heavy atom. The quantitative estimate of drug-likeness (QED) is 0.0677. The number of Topliss-reactive ketones (excluding diaryl/α,β-unsaturated/α-hetero) is 1. The van der Waals surface area contributed by atoms with Crippen LogP contribution in [-0.2, 0) is 6.42 Å². The van der Waals surface area contributed by atoms with Crippen LogP contribution in [0.2, 0.25) is 0 Å². The van der Waals surface area contributed by atoms with Gasteiger partial charge in [-0.1, -0.05) is 29.4 Å². The van der Waals surface area contributed by atoms with Crippen molar-refractivity contribution >= 4 is 16.8 Å². The van der Waals surface area contributed by atoms with E-state index in [1.54, 1.807) is 18.2 Å². The molecule has 0 spiro atoms. The Balaban J connectivity index is 1.51. The summed E-state index contributed by atoms with van der Waals surface area (Å²) in [6, 6.07) is 16.0. The molecular formula is C39H36O9. The zero-order valence-electron chi connectivity index (χ0n) is 26.6. The Bertz CT molecular complexity index is 2110. The minimum absolute atomic E-state index is 0.0255. The van der Waals surface area contributed by atoms with Crippen molar-refractivity contribution in [2.45, 2.75) is 45.4 Å². The van der Waals surface area contributed by atoms with E-state index in [1.807, 2.05) is 26.8 Å². The highest BCUT2D eigenvalue weighted by molar-refractivity contribution is 6.02. The lowest BCUT2D eigenvalue weighted by atomic mass is 9.65. The zero-order chi connectivity index (χ0) is 34.4. The summed E-state index contributed by atoms with van der Waals surface area (Å²) in [6.45, 7) is 5.60. The molecule has 0 fully saturated rings. The van der Waals surface area contributed by atoms with Crippen molar-refractivity contribution in [1.82, 2.24) is 0 Å². The first-order chi connectivity index (χ1) is 22.8. The molecule has 1 aliphatic carbocycles. The second-order valence-corrected chi connectivity index (χ2v) is 12.7. The van der Waals surface area contributed by atoms with Crippen LogP contribution in [-0.4, -0.2) is 41.5 Å². The van der Waals surface area contributed by atoms with E-state index in [0.29, 0.717) is 34.3 Å². The average molecular weight is 649 g/mol. The third-order valence-electron chi connectivity index (χ3n) is 9.04. The number of fused-ring (bicyclic) bond motifs is 1. The lowest BCUT2D eigenvalue weighted by molar-refractivity contribution is 0.0876. The minimum atomic E-state index is -1.06. The van der Waals surface area contributed by atoms with Crippen LogP contribution in [0.15, 0.2) is 94.4 Å². The number of phenolic OH excluding ortho intramolecular Hbond substituents is 7. The van der Waals surface area contributed by atoms with Gasteiger partial charge >= 0.3 is 0 Å². The molecule has 1 aromatic heterocycles. The third kappa shape index (κ3) is 5.90. The van der Waals surface area contributed by atoms with Gasteiger partial charge in [0.1, 0.15) is 51.6 Å². The SMILES string of the molecule is CC(C)=CCc1c(O)ccc(C(=O)[C@H]2[C@@H](c3c(O)cc(-c4cc5ccc(O)cc5o4)cc3O)C=C(C)C[C@H]2c2ccc(O)cc2O)c1O. The summed E-state index contributed by atoms with van der Waals surface area (Å²) in [7, 11) is 0. The van der Waals surface area contributed by atoms with Crippen LogP contribution in [0, 0.1) is 5.92 Å². The van der Waals surface area contributed by atoms with E-state index in [-0.39, 0.29) is 63.4 Å². The molecule has 0 saturated heterocycles. The van der Waals surface area contributed by atoms with E-state index in [4.69, 9.17) is 4.42 Å². The topological polar surface area (TPSA) is 172 Å². The van der Waals surface area contributed by atoms with Crippen LogP contribution in [0.5, 0.6) is 40.2 Å². The van der Waals surface area contributed by atoms with Crippen molar-refractivity contribution in [3.8, 4) is 51.6 Å². The molecule has 1 heterocycles. The molecule has 0 aliphatic heterocycles. The van der Waals surface area contributed by atoms with Crippen molar-refractivity contribution in [3.05, 3.63) is 112 Å². The predicted octanol–water partition coefficient (Wildman–Crippen LogP) is 8.26. The highest BCUT2D eigenvalue weighted by Crippen LogP contribution is 2.53. The highest BCUT2D eigenvalue weighted by atomic mass is 16.3. The first-order valence-corrected chi connectivity index (χ1v) is 15.5. The maximum atomic E-state index is 14.7. The van der Waals surface area contributed by atoms with E-state index in [0.717, 1.165) is 11.1 Å². The van der Waals surface area contributed by atoms with Gasteiger partial charge in [-0.2, -0.15) is 0 Å². The number of rotatable bonds is 7. The monoisotopic (exact) mass is 648 g/mol. The molecule has 0 bridgehead atoms. The van der Waals surface area contributed by atoms with Gasteiger partial charge in [0.05, 0.1) is 5.56 Å². The van der Waals surface area contributed by atoms with Gasteiger partial charge in [0.25, 0.3) is 0 Å². The lowest BCUT2D eigenvalue weighted by Gasteiger charge is -2.37. The summed E-state index contributed by atoms with van der Waals surface area (Å²) >= 11 is 0. The molecule has 246 valence electrons. The van der Waals surface area contributed by atoms with Gasteiger partial charge in [-0.3, -0.25) is 4.79 Å². The summed E-state index contributed by atoms with van der Waals surface area (Å²) < 4.78 is 5.88. The fraction of sp³-hybridized carbons (Fsp3) is 0.205. The van der Waals surface area contributed by atoms with Crippen LogP contribution in [0.3, 0.4) is 0 Å². The predicted molar refractivity (Wildman–Crippen MR) is 181 cm³/mol. The molecule has 3 atom stereocenters. The van der Waals surface area contributed by atoms with Crippen molar-refractivity contribution in [2.75, 3.05) is 0 Å². The van der Waals surface area contributed by atoms with Crippen molar-refractivity contribution < 1.29 is 45.0 Å². The summed E-state index contributed by atoms with van der Waals surface area (Å²) in [6.07, 6.45) is 4.11. The number of aromatic hydroxyl groups is 7. The first kappa shape index (κ1) is 32.1. The number of hydrogen-bond acceptors (Lipinski definition) is 9. The summed E-state index contributed by atoms with van der Waals surface area (Å²) in [5, 5.41) is 76.5. The molecule has 48 heavy (non-hydrogen) atoms. The van der Waals surface area contributed by atoms with Gasteiger partial charge in [0.15, 0.2) is 5.78 Å². The number of benzene rings is 4. The van der Waals surface area contributed by atoms with Gasteiger partial charge in [-0.25, -0.2) is 0 Å². The molecule has 0 radical (unpaired) electrons. The number of allylic oxidation sites excluding steroid dienone is 4. The molecule has 7 N–H and O–H groups in total. The number of hydrogen-bond donors (Lipinski definition) is 7. The van der Waals surface area contributed by atoms with Crippen molar-refractivity contribution in [2.24, 2.45) is 5.92 Å². The first-order valence-electron chi connectivity index (χ1n) is 15.5. The van der Waals surface area contributed by atoms with Crippen molar-refractivity contribution in [3.63, 3.8) is 0 Å². The van der Waals surface area contributed by atoms with E-state index in [1.165, 1.54) is 54.6 Å². The standard InChI is InChI=1S/C39H36O9/c1-19(2)4-8-26-30(42)11-10-27(38(26)46)39(47)36-28(25-9-7-23(40)17-31(25)43)12-20(3)13-29(36)37-32(44)14-22(15-33(37)45)34-16-21-5-6-24(41)18-35(21)48-34/h4-7,9-11,13-18,28-29,36,40-46H,8,12H2,1-3H3/t28-,29-,36+/m0/s1. The Labute approximate surface area is 276 Å². The van der Waals surface area contributed by atoms with Crippen LogP contribution in [0.25, 0.3) is 22.3 Å². The number of phenols is 7. The van der Waals surface area contributed by atoms with Crippen LogP contribution in [0.4, 0.5) is 0 Å². The summed E-state index contributed by atoms with van der Waals surface area (Å²) in [5.74, 6) is -4.43. The van der Waals surface area contributed by atoms with Gasteiger partial charge in [0, 0.05) is 52.0 Å². The number of carbonyl (C=O) groups is 1. The van der Waals surface area contributed by atoms with E-state index in [9.17, 15) is 40.5 Å². The number of furan rings is 1. The van der Waals surface area contributed by atoms with Crippen LogP contribution in [0.1, 0.15) is 66.1 Å². The molecule has 5 aromatic rings. The zero-order valence-corrected chi connectivity index (χ0v) is 26.6. The molecule has 4 aromatic carbocycles. The average Bonchev–Trinajstić information content (AvgIpc) is 3.43. The van der Waals surface area contributed by atoms with Gasteiger partial charge in [0.2, 0.25) is 0 Å². The number of carbonyl (C=O) groups excluding carboxylic acids is 1. The molecule has 0 saturated carbocycles. The lowest BCUT2D eigenvalue weighted by Crippen LogP contribution is -2.31. The largest absolute Gasteiger partial charge is 0.508 e. The summed E-state index contributed by atoms with van der Waals surface area (Å²) in [5.41, 5.74) is 3.10. The Kier molecular flexibility index (Phi) is 8.30. The van der Waals surface area contributed by atoms with Crippen molar-refractivity contribution in [1.29, 1.82) is 0 Å². The molecule has 9 nitrogen and oxygen atoms in total. The fourth-order valence-electron chi connectivity index (χ4n) is 6.74. The van der Waals surface area contributed by atoms with Gasteiger partial charge in [-0.15, -0.1) is 0 Å². The molecule has 1 aliphatic rings. The maximum Gasteiger partial charge on any atom is 0.171 e. The maximum absolute atomic E-state index is 14.7. The molecule has 0 amide bonds. The molecule has 9 heteroatoms. The third-order valence-corrected chi connectivity index (χ3v) is 9.04. The van der Waals surface area contributed by atoms with Crippen LogP contribution < -0.4 is 0 Å². The van der Waals surface area contributed by atoms with Crippen LogP contribution >= 0.6 is 0 Å². The van der Waals surface area contributed by atoms with E-state index >= 15 is 0 Å². The van der Waals surface area contributed by atoms with E-state index < -0.39 is 23.5 Å². The Hall–Kier alpha value is -5.83. The second kappa shape index (κ2) is 12.4. The fourth-order valence-corrected chi connectivity index (χ4v) is 6.74. The molecular weight excluding hydrogens is 612 g/mol. The number of ketones is 1. The highest BCUT2D eigenvalue weighted by Gasteiger charge is 2.43. The van der Waals surface area contributed by atoms with E-state index in [2.05, 4.69) is 0 Å². The molecule has 6 rings (SSSR count). The van der Waals surface area contributed by atoms with Gasteiger partial charge < -0.3 is 40.2 Å². The summed E-state index contributed by atoms with van der Waals surface area (Å²) in [4.78, 5) is 14.7. The molecule has 0 unspecified atom stereocenters. The second-order valence-electron chi connectivity index (χ2n) is 12.7. The minimum Gasteiger partial charge on any atom is -0.508 e. The Morgan fingerprint density at radius 2 is 1.50 bits per heavy atom.